The van der Waals surface area contributed by atoms with Gasteiger partial charge >= 0.3 is 6.09 Å². The number of benzene rings is 1. The van der Waals surface area contributed by atoms with Crippen LogP contribution in [0.15, 0.2) is 22.7 Å². The molecule has 1 saturated carbocycles. The zero-order valence-electron chi connectivity index (χ0n) is 11.7. The molecule has 1 aromatic rings. The Kier molecular flexibility index (Phi) is 2.77. The number of imide groups is 1. The average molecular weight is 338 g/mol. The van der Waals surface area contributed by atoms with Gasteiger partial charge in [-0.3, -0.25) is 4.79 Å². The second-order valence-corrected chi connectivity index (χ2v) is 7.28. The highest BCUT2D eigenvalue weighted by molar-refractivity contribution is 9.10. The van der Waals surface area contributed by atoms with Crippen LogP contribution in [0.3, 0.4) is 0 Å². The molecule has 0 bridgehead atoms. The van der Waals surface area contributed by atoms with Crippen molar-refractivity contribution in [3.8, 4) is 0 Å². The molecular weight excluding hydrogens is 322 g/mol. The van der Waals surface area contributed by atoms with Crippen molar-refractivity contribution in [2.45, 2.75) is 44.6 Å². The molecule has 2 aliphatic rings. The first-order valence-electron chi connectivity index (χ1n) is 6.62. The van der Waals surface area contributed by atoms with E-state index in [0.29, 0.717) is 5.69 Å². The second kappa shape index (κ2) is 4.07. The number of ether oxygens (including phenoxy) is 1. The average Bonchev–Trinajstić information content (AvgIpc) is 3.05. The van der Waals surface area contributed by atoms with Crippen LogP contribution in [-0.4, -0.2) is 17.6 Å². The van der Waals surface area contributed by atoms with Gasteiger partial charge in [0.05, 0.1) is 11.1 Å². The Balaban J connectivity index is 2.02. The molecule has 3 rings (SSSR count). The summed E-state index contributed by atoms with van der Waals surface area (Å²) in [6.45, 7) is 5.38. The van der Waals surface area contributed by atoms with Crippen molar-refractivity contribution >= 4 is 33.6 Å². The Morgan fingerprint density at radius 3 is 2.55 bits per heavy atom. The molecule has 0 saturated heterocycles. The summed E-state index contributed by atoms with van der Waals surface area (Å²) >= 11 is 3.42. The van der Waals surface area contributed by atoms with Crippen LogP contribution >= 0.6 is 15.9 Å². The lowest BCUT2D eigenvalue weighted by Gasteiger charge is -2.24. The quantitative estimate of drug-likeness (QED) is 0.724. The van der Waals surface area contributed by atoms with Crippen molar-refractivity contribution in [3.63, 3.8) is 0 Å². The van der Waals surface area contributed by atoms with Crippen molar-refractivity contribution in [2.24, 2.45) is 0 Å². The zero-order valence-corrected chi connectivity index (χ0v) is 13.3. The Bertz CT molecular complexity index is 614. The molecule has 0 aromatic heterocycles. The van der Waals surface area contributed by atoms with Crippen molar-refractivity contribution in [1.29, 1.82) is 0 Å². The summed E-state index contributed by atoms with van der Waals surface area (Å²) < 4.78 is 6.27. The molecule has 5 heteroatoms. The van der Waals surface area contributed by atoms with Gasteiger partial charge in [0.15, 0.2) is 0 Å². The van der Waals surface area contributed by atoms with Crippen LogP contribution in [0.5, 0.6) is 0 Å². The van der Waals surface area contributed by atoms with E-state index in [0.717, 1.165) is 22.9 Å². The molecule has 1 fully saturated rings. The predicted molar refractivity (Wildman–Crippen MR) is 78.8 cm³/mol. The highest BCUT2D eigenvalue weighted by Crippen LogP contribution is 2.57. The predicted octanol–water partition coefficient (Wildman–Crippen LogP) is 3.76. The van der Waals surface area contributed by atoms with Gasteiger partial charge < -0.3 is 4.74 Å². The monoisotopic (exact) mass is 337 g/mol. The summed E-state index contributed by atoms with van der Waals surface area (Å²) in [6, 6.07) is 5.57. The number of hydrogen-bond acceptors (Lipinski definition) is 3. The topological polar surface area (TPSA) is 46.6 Å². The Hall–Kier alpha value is -1.36. The van der Waals surface area contributed by atoms with Gasteiger partial charge in [-0.1, -0.05) is 15.9 Å². The normalized spacial score (nSPS) is 19.2. The molecule has 0 N–H and O–H groups in total. The maximum absolute atomic E-state index is 12.6. The van der Waals surface area contributed by atoms with Gasteiger partial charge in [0.25, 0.3) is 0 Å². The number of carbonyl (C=O) groups excluding carboxylic acids is 2. The Morgan fingerprint density at radius 1 is 1.35 bits per heavy atom. The first-order valence-corrected chi connectivity index (χ1v) is 7.41. The van der Waals surface area contributed by atoms with E-state index in [2.05, 4.69) is 15.9 Å². The summed E-state index contributed by atoms with van der Waals surface area (Å²) in [7, 11) is 0. The van der Waals surface area contributed by atoms with Crippen molar-refractivity contribution in [2.75, 3.05) is 4.90 Å². The molecule has 0 radical (unpaired) electrons. The molecule has 1 aliphatic heterocycles. The first kappa shape index (κ1) is 13.6. The van der Waals surface area contributed by atoms with Gasteiger partial charge in [-0.05, 0) is 57.4 Å². The third-order valence-electron chi connectivity index (χ3n) is 3.65. The smallest absolute Gasteiger partial charge is 0.421 e. The van der Waals surface area contributed by atoms with Crippen LogP contribution in [0.2, 0.25) is 0 Å². The number of hydrogen-bond donors (Lipinski definition) is 0. The van der Waals surface area contributed by atoms with Crippen LogP contribution < -0.4 is 4.90 Å². The Labute approximate surface area is 126 Å². The van der Waals surface area contributed by atoms with E-state index in [1.165, 1.54) is 4.90 Å². The summed E-state index contributed by atoms with van der Waals surface area (Å²) in [4.78, 5) is 26.1. The van der Waals surface area contributed by atoms with E-state index >= 15 is 0 Å². The molecule has 0 unspecified atom stereocenters. The molecule has 20 heavy (non-hydrogen) atoms. The second-order valence-electron chi connectivity index (χ2n) is 6.36. The Morgan fingerprint density at radius 2 is 2.00 bits per heavy atom. The van der Waals surface area contributed by atoms with Gasteiger partial charge in [0.2, 0.25) is 5.91 Å². The van der Waals surface area contributed by atoms with Crippen LogP contribution in [0.4, 0.5) is 10.5 Å². The fourth-order valence-electron chi connectivity index (χ4n) is 2.62. The van der Waals surface area contributed by atoms with E-state index in [1.807, 2.05) is 12.1 Å². The molecule has 1 spiro atoms. The minimum atomic E-state index is -0.619. The van der Waals surface area contributed by atoms with Crippen molar-refractivity contribution in [1.82, 2.24) is 0 Å². The molecule has 1 aromatic carbocycles. The fourth-order valence-corrected chi connectivity index (χ4v) is 2.98. The minimum Gasteiger partial charge on any atom is -0.443 e. The van der Waals surface area contributed by atoms with Gasteiger partial charge in [-0.2, -0.15) is 0 Å². The lowest BCUT2D eigenvalue weighted by atomic mass is 9.98. The van der Waals surface area contributed by atoms with Crippen LogP contribution in [0.1, 0.15) is 39.2 Å². The fraction of sp³-hybridized carbons (Fsp3) is 0.467. The van der Waals surface area contributed by atoms with Gasteiger partial charge in [-0.15, -0.1) is 0 Å². The standard InChI is InChI=1S/C15H16BrNO3/c1-14(2,3)20-13(19)17-11-5-4-9(16)8-10(11)15(6-7-15)12(17)18/h4-5,8H,6-7H2,1-3H3. The van der Waals surface area contributed by atoms with E-state index in [9.17, 15) is 9.59 Å². The molecule has 1 heterocycles. The largest absolute Gasteiger partial charge is 0.443 e. The summed E-state index contributed by atoms with van der Waals surface area (Å²) in [5.41, 5.74) is 0.482. The van der Waals surface area contributed by atoms with E-state index < -0.39 is 17.1 Å². The SMILES string of the molecule is CC(C)(C)OC(=O)N1C(=O)C2(CC2)c2cc(Br)ccc21. The van der Waals surface area contributed by atoms with E-state index in [1.54, 1.807) is 26.8 Å². The molecule has 106 valence electrons. The zero-order chi connectivity index (χ0) is 14.7. The number of halogens is 1. The highest BCUT2D eigenvalue weighted by Gasteiger charge is 2.61. The van der Waals surface area contributed by atoms with Gasteiger partial charge in [-0.25, -0.2) is 9.69 Å². The number of anilines is 1. The third-order valence-corrected chi connectivity index (χ3v) is 4.15. The van der Waals surface area contributed by atoms with Gasteiger partial charge in [0.1, 0.15) is 5.60 Å². The van der Waals surface area contributed by atoms with Gasteiger partial charge in [0, 0.05) is 4.47 Å². The molecule has 1 aliphatic carbocycles. The lowest BCUT2D eigenvalue weighted by molar-refractivity contribution is -0.120. The number of rotatable bonds is 0. The summed E-state index contributed by atoms with van der Waals surface area (Å²) in [5.74, 6) is -0.153. The van der Waals surface area contributed by atoms with Crippen molar-refractivity contribution < 1.29 is 14.3 Å². The first-order chi connectivity index (χ1) is 9.24. The minimum absolute atomic E-state index is 0.153. The molecule has 0 atom stereocenters. The maximum Gasteiger partial charge on any atom is 0.421 e. The number of carbonyl (C=O) groups is 2. The van der Waals surface area contributed by atoms with E-state index in [4.69, 9.17) is 4.74 Å². The highest BCUT2D eigenvalue weighted by atomic mass is 79.9. The van der Waals surface area contributed by atoms with Crippen LogP contribution in [-0.2, 0) is 14.9 Å². The number of amides is 2. The summed E-state index contributed by atoms with van der Waals surface area (Å²) in [6.07, 6.45) is 1.01. The van der Waals surface area contributed by atoms with E-state index in [-0.39, 0.29) is 5.91 Å². The van der Waals surface area contributed by atoms with Crippen molar-refractivity contribution in [3.05, 3.63) is 28.2 Å². The van der Waals surface area contributed by atoms with Crippen LogP contribution in [0.25, 0.3) is 0 Å². The summed E-state index contributed by atoms with van der Waals surface area (Å²) in [5, 5.41) is 0. The third kappa shape index (κ3) is 1.95. The number of fused-ring (bicyclic) bond motifs is 2. The molecule has 2 amide bonds. The number of nitrogens with zero attached hydrogens (tertiary/aromatic N) is 1. The van der Waals surface area contributed by atoms with Crippen LogP contribution in [0, 0.1) is 0 Å². The lowest BCUT2D eigenvalue weighted by Crippen LogP contribution is -2.41. The molecular formula is C15H16BrNO3. The maximum atomic E-state index is 12.6. The molecule has 4 nitrogen and oxygen atoms in total.